The average molecular weight is 303 g/mol. The molecule has 21 heavy (non-hydrogen) atoms. The highest BCUT2D eigenvalue weighted by molar-refractivity contribution is 7.18. The fourth-order valence-electron chi connectivity index (χ4n) is 2.03. The number of hydrogen-bond acceptors (Lipinski definition) is 3. The second-order valence-electron chi connectivity index (χ2n) is 5.72. The zero-order valence-corrected chi connectivity index (χ0v) is 13.0. The number of carbonyl (C=O) groups is 2. The molecule has 0 saturated heterocycles. The molecule has 110 valence electrons. The van der Waals surface area contributed by atoms with Gasteiger partial charge in [0, 0.05) is 5.56 Å². The molecule has 2 rings (SSSR count). The van der Waals surface area contributed by atoms with Crippen LogP contribution >= 0.6 is 11.3 Å². The lowest BCUT2D eigenvalue weighted by molar-refractivity contribution is 0.0702. The Morgan fingerprint density at radius 1 is 1.10 bits per heavy atom. The first-order valence-electron chi connectivity index (χ1n) is 6.53. The minimum atomic E-state index is -0.990. The molecular weight excluding hydrogens is 286 g/mol. The van der Waals surface area contributed by atoms with Crippen LogP contribution in [0.5, 0.6) is 0 Å². The number of carboxylic acids is 1. The highest BCUT2D eigenvalue weighted by Gasteiger charge is 2.21. The van der Waals surface area contributed by atoms with E-state index in [-0.39, 0.29) is 16.2 Å². The minimum Gasteiger partial charge on any atom is -0.477 e. The largest absolute Gasteiger partial charge is 0.477 e. The molecule has 0 atom stereocenters. The molecule has 2 N–H and O–H groups in total. The Bertz CT molecular complexity index is 683. The third-order valence-electron chi connectivity index (χ3n) is 3.03. The Kier molecular flexibility index (Phi) is 4.14. The van der Waals surface area contributed by atoms with Crippen LogP contribution in [0.1, 0.15) is 46.4 Å². The number of amides is 1. The summed E-state index contributed by atoms with van der Waals surface area (Å²) in [7, 11) is 0. The maximum Gasteiger partial charge on any atom is 0.345 e. The van der Waals surface area contributed by atoms with E-state index < -0.39 is 5.97 Å². The smallest absolute Gasteiger partial charge is 0.345 e. The molecule has 5 heteroatoms. The molecule has 1 amide bonds. The topological polar surface area (TPSA) is 66.4 Å². The lowest BCUT2D eigenvalue weighted by Crippen LogP contribution is -2.20. The molecule has 0 bridgehead atoms. The van der Waals surface area contributed by atoms with Gasteiger partial charge >= 0.3 is 5.97 Å². The first-order valence-corrected chi connectivity index (χ1v) is 7.34. The summed E-state index contributed by atoms with van der Waals surface area (Å²) in [5.74, 6) is -1.21. The van der Waals surface area contributed by atoms with Gasteiger partial charge in [-0.05, 0) is 29.2 Å². The van der Waals surface area contributed by atoms with Gasteiger partial charge in [0.05, 0.1) is 5.00 Å². The van der Waals surface area contributed by atoms with E-state index in [1.165, 1.54) is 6.07 Å². The van der Waals surface area contributed by atoms with E-state index in [1.54, 1.807) is 12.1 Å². The van der Waals surface area contributed by atoms with Crippen molar-refractivity contribution in [3.63, 3.8) is 0 Å². The van der Waals surface area contributed by atoms with E-state index >= 15 is 0 Å². The van der Waals surface area contributed by atoms with Crippen LogP contribution in [0.2, 0.25) is 0 Å². The van der Waals surface area contributed by atoms with Gasteiger partial charge in [-0.1, -0.05) is 39.0 Å². The summed E-state index contributed by atoms with van der Waals surface area (Å²) in [6, 6.07) is 10.5. The van der Waals surface area contributed by atoms with Crippen LogP contribution in [0.3, 0.4) is 0 Å². The van der Waals surface area contributed by atoms with Crippen molar-refractivity contribution in [2.24, 2.45) is 0 Å². The summed E-state index contributed by atoms with van der Waals surface area (Å²) in [4.78, 5) is 23.5. The van der Waals surface area contributed by atoms with Gasteiger partial charge in [-0.15, -0.1) is 11.3 Å². The Balaban J connectivity index is 2.26. The van der Waals surface area contributed by atoms with Gasteiger partial charge in [0.1, 0.15) is 4.88 Å². The second-order valence-corrected chi connectivity index (χ2v) is 6.80. The van der Waals surface area contributed by atoms with E-state index in [1.807, 2.05) is 39.0 Å². The fourth-order valence-corrected chi connectivity index (χ4v) is 2.77. The lowest BCUT2D eigenvalue weighted by Gasteiger charge is -2.22. The Morgan fingerprint density at radius 2 is 1.76 bits per heavy atom. The number of anilines is 1. The van der Waals surface area contributed by atoms with Crippen LogP contribution in [-0.2, 0) is 5.41 Å². The third-order valence-corrected chi connectivity index (χ3v) is 4.02. The molecule has 0 aliphatic carbocycles. The molecule has 4 nitrogen and oxygen atoms in total. The Morgan fingerprint density at radius 3 is 2.33 bits per heavy atom. The van der Waals surface area contributed by atoms with Crippen molar-refractivity contribution in [2.75, 3.05) is 5.32 Å². The number of carboxylic acid groups (broad SMARTS) is 1. The maximum atomic E-state index is 12.4. The lowest BCUT2D eigenvalue weighted by atomic mass is 9.83. The number of nitrogens with one attached hydrogen (secondary N) is 1. The summed E-state index contributed by atoms with van der Waals surface area (Å²) in [5.41, 5.74) is 1.42. The van der Waals surface area contributed by atoms with Crippen LogP contribution in [0.4, 0.5) is 5.00 Å². The van der Waals surface area contributed by atoms with Gasteiger partial charge in [0.2, 0.25) is 0 Å². The van der Waals surface area contributed by atoms with Gasteiger partial charge in [0.25, 0.3) is 5.91 Å². The summed E-state index contributed by atoms with van der Waals surface area (Å²) in [6.07, 6.45) is 0. The van der Waals surface area contributed by atoms with Gasteiger partial charge in [0.15, 0.2) is 0 Å². The van der Waals surface area contributed by atoms with Crippen molar-refractivity contribution in [1.29, 1.82) is 0 Å². The van der Waals surface area contributed by atoms with Crippen molar-refractivity contribution in [3.05, 3.63) is 52.4 Å². The van der Waals surface area contributed by atoms with Gasteiger partial charge in [-0.25, -0.2) is 4.79 Å². The van der Waals surface area contributed by atoms with E-state index in [0.717, 1.165) is 16.9 Å². The van der Waals surface area contributed by atoms with Crippen molar-refractivity contribution in [3.8, 4) is 0 Å². The van der Waals surface area contributed by atoms with Crippen molar-refractivity contribution in [2.45, 2.75) is 26.2 Å². The molecular formula is C16H17NO3S. The average Bonchev–Trinajstić information content (AvgIpc) is 2.86. The second kappa shape index (κ2) is 5.69. The van der Waals surface area contributed by atoms with Crippen molar-refractivity contribution in [1.82, 2.24) is 0 Å². The SMILES string of the molecule is CC(C)(C)c1ccccc1C(=O)Nc1ccc(C(=O)O)s1. The number of carbonyl (C=O) groups excluding carboxylic acids is 1. The van der Waals surface area contributed by atoms with Crippen LogP contribution in [0.15, 0.2) is 36.4 Å². The molecule has 0 spiro atoms. The molecule has 2 aromatic rings. The van der Waals surface area contributed by atoms with Gasteiger partial charge in [-0.2, -0.15) is 0 Å². The zero-order chi connectivity index (χ0) is 15.6. The summed E-state index contributed by atoms with van der Waals surface area (Å²) >= 11 is 1.05. The first-order chi connectivity index (χ1) is 9.79. The molecule has 0 fully saturated rings. The highest BCUT2D eigenvalue weighted by atomic mass is 32.1. The molecule has 1 aromatic carbocycles. The van der Waals surface area contributed by atoms with E-state index in [0.29, 0.717) is 10.6 Å². The van der Waals surface area contributed by atoms with Crippen LogP contribution in [-0.4, -0.2) is 17.0 Å². The molecule has 0 unspecified atom stereocenters. The number of aromatic carboxylic acids is 1. The molecule has 0 radical (unpaired) electrons. The van der Waals surface area contributed by atoms with Crippen LogP contribution < -0.4 is 5.32 Å². The predicted molar refractivity (Wildman–Crippen MR) is 84.4 cm³/mol. The highest BCUT2D eigenvalue weighted by Crippen LogP contribution is 2.27. The molecule has 0 saturated carbocycles. The first kappa shape index (κ1) is 15.3. The van der Waals surface area contributed by atoms with Gasteiger partial charge < -0.3 is 10.4 Å². The van der Waals surface area contributed by atoms with Crippen molar-refractivity contribution < 1.29 is 14.7 Å². The van der Waals surface area contributed by atoms with E-state index in [4.69, 9.17) is 5.11 Å². The maximum absolute atomic E-state index is 12.4. The minimum absolute atomic E-state index is 0.143. The predicted octanol–water partition coefficient (Wildman–Crippen LogP) is 4.00. The van der Waals surface area contributed by atoms with E-state index in [9.17, 15) is 9.59 Å². The summed E-state index contributed by atoms with van der Waals surface area (Å²) < 4.78 is 0. The quantitative estimate of drug-likeness (QED) is 0.900. The molecule has 1 heterocycles. The Hall–Kier alpha value is -2.14. The fraction of sp³-hybridized carbons (Fsp3) is 0.250. The summed E-state index contributed by atoms with van der Waals surface area (Å²) in [5, 5.41) is 12.2. The third kappa shape index (κ3) is 3.49. The standard InChI is InChI=1S/C16H17NO3S/c1-16(2,3)11-7-5-4-6-10(11)14(18)17-13-9-8-12(21-13)15(19)20/h4-9H,1-3H3,(H,17,18)(H,19,20). The number of thiophene rings is 1. The molecule has 0 aliphatic heterocycles. The van der Waals surface area contributed by atoms with Crippen LogP contribution in [0.25, 0.3) is 0 Å². The van der Waals surface area contributed by atoms with Crippen molar-refractivity contribution >= 4 is 28.2 Å². The monoisotopic (exact) mass is 303 g/mol. The number of rotatable bonds is 3. The number of hydrogen-bond donors (Lipinski definition) is 2. The normalized spacial score (nSPS) is 11.2. The van der Waals surface area contributed by atoms with Gasteiger partial charge in [-0.3, -0.25) is 4.79 Å². The molecule has 0 aliphatic rings. The van der Waals surface area contributed by atoms with Crippen LogP contribution in [0, 0.1) is 0 Å². The number of benzene rings is 1. The van der Waals surface area contributed by atoms with E-state index in [2.05, 4.69) is 5.32 Å². The zero-order valence-electron chi connectivity index (χ0n) is 12.1. The molecule has 1 aromatic heterocycles. The summed E-state index contributed by atoms with van der Waals surface area (Å²) in [6.45, 7) is 6.15. The Labute approximate surface area is 127 Å².